The number of nitrogens with zero attached hydrogens (tertiary/aromatic N) is 2. The molecule has 0 bridgehead atoms. The largest absolute Gasteiger partial charge is 0.378 e. The quantitative estimate of drug-likeness (QED) is 0.655. The molecule has 0 amide bonds. The van der Waals surface area contributed by atoms with Crippen molar-refractivity contribution in [2.75, 3.05) is 31.5 Å². The number of hydrogen-bond acceptors (Lipinski definition) is 4. The Kier molecular flexibility index (Phi) is 4.74. The third kappa shape index (κ3) is 3.92. The lowest BCUT2D eigenvalue weighted by Crippen LogP contribution is -2.36. The first-order chi connectivity index (χ1) is 9.16. The molecule has 0 spiro atoms. The van der Waals surface area contributed by atoms with Crippen molar-refractivity contribution in [3.63, 3.8) is 0 Å². The van der Waals surface area contributed by atoms with Crippen LogP contribution < -0.4 is 5.32 Å². The van der Waals surface area contributed by atoms with Gasteiger partial charge in [-0.15, -0.1) is 0 Å². The molecule has 1 heterocycles. The lowest BCUT2D eigenvalue weighted by Gasteiger charge is -2.30. The van der Waals surface area contributed by atoms with Gasteiger partial charge in [-0.25, -0.2) is 0 Å². The van der Waals surface area contributed by atoms with Gasteiger partial charge in [0.25, 0.3) is 5.69 Å². The predicted molar refractivity (Wildman–Crippen MR) is 76.4 cm³/mol. The third-order valence-corrected chi connectivity index (χ3v) is 3.72. The second kappa shape index (κ2) is 6.52. The fraction of sp³-hybridized carbons (Fsp3) is 0.571. The number of hydrogen-bond donors (Lipinski definition) is 1. The number of benzene rings is 1. The fourth-order valence-corrected chi connectivity index (χ4v) is 2.42. The Morgan fingerprint density at radius 2 is 2.05 bits per heavy atom. The van der Waals surface area contributed by atoms with Gasteiger partial charge in [0.05, 0.1) is 4.92 Å². The molecule has 19 heavy (non-hydrogen) atoms. The van der Waals surface area contributed by atoms with Crippen LogP contribution in [0.5, 0.6) is 0 Å². The second-order valence-corrected chi connectivity index (χ2v) is 5.23. The van der Waals surface area contributed by atoms with Crippen molar-refractivity contribution in [3.05, 3.63) is 34.4 Å². The molecule has 1 aromatic rings. The van der Waals surface area contributed by atoms with Crippen LogP contribution in [0.4, 0.5) is 11.4 Å². The standard InChI is InChI=1S/C14H21N3O2/c1-12-6-9-16(10-7-12)11-8-15-13-4-2-3-5-14(13)17(18)19/h2-5,12,15H,6-11H2,1H3. The average molecular weight is 263 g/mol. The molecule has 104 valence electrons. The molecule has 1 aliphatic rings. The third-order valence-electron chi connectivity index (χ3n) is 3.72. The van der Waals surface area contributed by atoms with Crippen molar-refractivity contribution < 1.29 is 4.92 Å². The minimum Gasteiger partial charge on any atom is -0.378 e. The number of para-hydroxylation sites is 2. The zero-order valence-corrected chi connectivity index (χ0v) is 11.3. The van der Waals surface area contributed by atoms with Crippen molar-refractivity contribution in [1.29, 1.82) is 0 Å². The van der Waals surface area contributed by atoms with Gasteiger partial charge < -0.3 is 10.2 Å². The highest BCUT2D eigenvalue weighted by Gasteiger charge is 2.16. The zero-order chi connectivity index (χ0) is 13.7. The highest BCUT2D eigenvalue weighted by molar-refractivity contribution is 5.60. The second-order valence-electron chi connectivity index (χ2n) is 5.23. The summed E-state index contributed by atoms with van der Waals surface area (Å²) in [5, 5.41) is 14.0. The summed E-state index contributed by atoms with van der Waals surface area (Å²) >= 11 is 0. The maximum absolute atomic E-state index is 10.9. The Bertz CT molecular complexity index is 428. The van der Waals surface area contributed by atoms with Gasteiger partial charge in [0.2, 0.25) is 0 Å². The van der Waals surface area contributed by atoms with E-state index in [0.29, 0.717) is 5.69 Å². The van der Waals surface area contributed by atoms with E-state index in [4.69, 9.17) is 0 Å². The summed E-state index contributed by atoms with van der Waals surface area (Å²) < 4.78 is 0. The Hall–Kier alpha value is -1.62. The van der Waals surface area contributed by atoms with Crippen LogP contribution in [0, 0.1) is 16.0 Å². The Balaban J connectivity index is 1.81. The van der Waals surface area contributed by atoms with E-state index >= 15 is 0 Å². The van der Waals surface area contributed by atoms with Crippen LogP contribution in [-0.2, 0) is 0 Å². The molecule has 5 heteroatoms. The molecule has 5 nitrogen and oxygen atoms in total. The van der Waals surface area contributed by atoms with Crippen LogP contribution in [0.3, 0.4) is 0 Å². The molecule has 1 saturated heterocycles. The van der Waals surface area contributed by atoms with Gasteiger partial charge in [0.1, 0.15) is 5.69 Å². The lowest BCUT2D eigenvalue weighted by atomic mass is 9.99. The first kappa shape index (κ1) is 13.8. The topological polar surface area (TPSA) is 58.4 Å². The molecule has 1 aromatic carbocycles. The summed E-state index contributed by atoms with van der Waals surface area (Å²) in [6.07, 6.45) is 2.51. The molecule has 0 atom stereocenters. The van der Waals surface area contributed by atoms with E-state index in [2.05, 4.69) is 17.1 Å². The van der Waals surface area contributed by atoms with E-state index in [1.54, 1.807) is 12.1 Å². The van der Waals surface area contributed by atoms with E-state index in [0.717, 1.165) is 32.1 Å². The van der Waals surface area contributed by atoms with Gasteiger partial charge in [0, 0.05) is 19.2 Å². The molecule has 0 unspecified atom stereocenters. The first-order valence-corrected chi connectivity index (χ1v) is 6.86. The van der Waals surface area contributed by atoms with Gasteiger partial charge in [-0.05, 0) is 37.9 Å². The highest BCUT2D eigenvalue weighted by atomic mass is 16.6. The van der Waals surface area contributed by atoms with Crippen molar-refractivity contribution >= 4 is 11.4 Å². The van der Waals surface area contributed by atoms with Crippen molar-refractivity contribution in [1.82, 2.24) is 4.90 Å². The lowest BCUT2D eigenvalue weighted by molar-refractivity contribution is -0.384. The molecular formula is C14H21N3O2. The normalized spacial score (nSPS) is 17.3. The Labute approximate surface area is 113 Å². The minimum atomic E-state index is -0.342. The van der Waals surface area contributed by atoms with Crippen LogP contribution in [0.1, 0.15) is 19.8 Å². The number of nitrogens with one attached hydrogen (secondary N) is 1. The van der Waals surface area contributed by atoms with Crippen LogP contribution >= 0.6 is 0 Å². The van der Waals surface area contributed by atoms with Crippen molar-refractivity contribution in [2.45, 2.75) is 19.8 Å². The van der Waals surface area contributed by atoms with E-state index in [1.807, 2.05) is 6.07 Å². The SMILES string of the molecule is CC1CCN(CCNc2ccccc2[N+](=O)[O-])CC1. The minimum absolute atomic E-state index is 0.148. The summed E-state index contributed by atoms with van der Waals surface area (Å²) in [6.45, 7) is 6.26. The van der Waals surface area contributed by atoms with Crippen LogP contribution in [-0.4, -0.2) is 36.0 Å². The molecule has 1 aliphatic heterocycles. The van der Waals surface area contributed by atoms with E-state index < -0.39 is 0 Å². The summed E-state index contributed by atoms with van der Waals surface area (Å²) in [7, 11) is 0. The molecular weight excluding hydrogens is 242 g/mol. The van der Waals surface area contributed by atoms with E-state index in [-0.39, 0.29) is 10.6 Å². The molecule has 1 fully saturated rings. The van der Waals surface area contributed by atoms with Crippen LogP contribution in [0.25, 0.3) is 0 Å². The maximum Gasteiger partial charge on any atom is 0.292 e. The van der Waals surface area contributed by atoms with E-state index in [1.165, 1.54) is 18.9 Å². The maximum atomic E-state index is 10.9. The van der Waals surface area contributed by atoms with Gasteiger partial charge in [-0.2, -0.15) is 0 Å². The molecule has 0 radical (unpaired) electrons. The number of anilines is 1. The summed E-state index contributed by atoms with van der Waals surface area (Å²) in [5.41, 5.74) is 0.757. The summed E-state index contributed by atoms with van der Waals surface area (Å²) in [5.74, 6) is 0.833. The van der Waals surface area contributed by atoms with Gasteiger partial charge in [-0.1, -0.05) is 19.1 Å². The number of nitro groups is 1. The highest BCUT2D eigenvalue weighted by Crippen LogP contribution is 2.23. The number of rotatable bonds is 5. The first-order valence-electron chi connectivity index (χ1n) is 6.86. The van der Waals surface area contributed by atoms with Crippen LogP contribution in [0.15, 0.2) is 24.3 Å². The number of piperidine rings is 1. The van der Waals surface area contributed by atoms with Crippen molar-refractivity contribution in [3.8, 4) is 0 Å². The van der Waals surface area contributed by atoms with E-state index in [9.17, 15) is 10.1 Å². The van der Waals surface area contributed by atoms with Gasteiger partial charge >= 0.3 is 0 Å². The molecule has 0 aliphatic carbocycles. The summed E-state index contributed by atoms with van der Waals surface area (Å²) in [4.78, 5) is 13.0. The van der Waals surface area contributed by atoms with Crippen molar-refractivity contribution in [2.24, 2.45) is 5.92 Å². The fourth-order valence-electron chi connectivity index (χ4n) is 2.42. The average Bonchev–Trinajstić information content (AvgIpc) is 2.41. The zero-order valence-electron chi connectivity index (χ0n) is 11.3. The van der Waals surface area contributed by atoms with Gasteiger partial charge in [0.15, 0.2) is 0 Å². The smallest absolute Gasteiger partial charge is 0.292 e. The summed E-state index contributed by atoms with van der Waals surface area (Å²) in [6, 6.07) is 6.80. The van der Waals surface area contributed by atoms with Crippen LogP contribution in [0.2, 0.25) is 0 Å². The molecule has 1 N–H and O–H groups in total. The van der Waals surface area contributed by atoms with Gasteiger partial charge in [-0.3, -0.25) is 10.1 Å². The molecule has 0 aromatic heterocycles. The monoisotopic (exact) mass is 263 g/mol. The Morgan fingerprint density at radius 3 is 2.74 bits per heavy atom. The predicted octanol–water partition coefficient (Wildman–Crippen LogP) is 2.74. The Morgan fingerprint density at radius 1 is 1.37 bits per heavy atom. The molecule has 0 saturated carbocycles. The number of likely N-dealkylation sites (tertiary alicyclic amines) is 1. The number of nitro benzene ring substituents is 1. The molecule has 2 rings (SSSR count).